The molecule has 21 heavy (non-hydrogen) atoms. The van der Waals surface area contributed by atoms with Crippen LogP contribution in [0.4, 0.5) is 13.2 Å². The highest BCUT2D eigenvalue weighted by Gasteiger charge is 2.37. The van der Waals surface area contributed by atoms with Gasteiger partial charge in [0.25, 0.3) is 0 Å². The van der Waals surface area contributed by atoms with Gasteiger partial charge in [0.1, 0.15) is 5.78 Å². The summed E-state index contributed by atoms with van der Waals surface area (Å²) in [5, 5.41) is -0.519. The molecule has 9 heteroatoms. The summed E-state index contributed by atoms with van der Waals surface area (Å²) in [5.74, 6) is -1.21. The monoisotopic (exact) mass is 345 g/mol. The van der Waals surface area contributed by atoms with E-state index in [1.54, 1.807) is 13.8 Å². The van der Waals surface area contributed by atoms with Gasteiger partial charge in [0.15, 0.2) is 0 Å². The zero-order valence-corrected chi connectivity index (χ0v) is 13.1. The Morgan fingerprint density at radius 2 is 1.81 bits per heavy atom. The molecule has 0 unspecified atom stereocenters. The molecule has 0 radical (unpaired) electrons. The van der Waals surface area contributed by atoms with Gasteiger partial charge in [0, 0.05) is 0 Å². The van der Waals surface area contributed by atoms with Crippen LogP contribution >= 0.6 is 19.2 Å². The summed E-state index contributed by atoms with van der Waals surface area (Å²) in [6.07, 6.45) is -4.57. The van der Waals surface area contributed by atoms with E-state index < -0.39 is 30.1 Å². The molecule has 1 aromatic carbocycles. The average molecular weight is 346 g/mol. The zero-order valence-electron chi connectivity index (χ0n) is 11.5. The molecule has 4 nitrogen and oxygen atoms in total. The molecule has 0 heterocycles. The number of alkyl halides is 3. The molecule has 1 atom stereocenters. The summed E-state index contributed by atoms with van der Waals surface area (Å²) in [6.45, 7) is 3.41. The van der Waals surface area contributed by atoms with Crippen molar-refractivity contribution in [1.29, 1.82) is 0 Å². The van der Waals surface area contributed by atoms with Crippen LogP contribution in [0, 0.1) is 0 Å². The highest BCUT2D eigenvalue weighted by molar-refractivity contribution is 7.54. The van der Waals surface area contributed by atoms with Crippen LogP contribution in [-0.4, -0.2) is 13.2 Å². The lowest BCUT2D eigenvalue weighted by Crippen LogP contribution is -2.16. The van der Waals surface area contributed by atoms with Crippen molar-refractivity contribution in [2.45, 2.75) is 25.8 Å². The molecule has 2 N–H and O–H groups in total. The molecule has 0 spiro atoms. The number of halogens is 4. The molecule has 0 aromatic heterocycles. The molecule has 1 rings (SSSR count). The summed E-state index contributed by atoms with van der Waals surface area (Å²) in [7, 11) is -3.67. The Bertz CT molecular complexity index is 529. The predicted molar refractivity (Wildman–Crippen MR) is 74.2 cm³/mol. The maximum atomic E-state index is 12.6. The van der Waals surface area contributed by atoms with E-state index in [-0.39, 0.29) is 18.8 Å². The van der Waals surface area contributed by atoms with Crippen LogP contribution in [0.5, 0.6) is 0 Å². The molecule has 0 saturated carbocycles. The van der Waals surface area contributed by atoms with Crippen LogP contribution in [0.2, 0.25) is 5.02 Å². The Morgan fingerprint density at radius 1 is 1.29 bits per heavy atom. The molecule has 0 aliphatic rings. The van der Waals surface area contributed by atoms with E-state index in [1.807, 2.05) is 0 Å². The van der Waals surface area contributed by atoms with Crippen LogP contribution in [0.3, 0.4) is 0 Å². The fraction of sp³-hybridized carbons (Fsp3) is 0.500. The van der Waals surface area contributed by atoms with E-state index in [0.717, 1.165) is 18.2 Å². The van der Waals surface area contributed by atoms with Gasteiger partial charge in [0.2, 0.25) is 0 Å². The highest BCUT2D eigenvalue weighted by Crippen LogP contribution is 2.58. The standard InChI is InChI=1S/C12H16ClF3NO3P/c1-3-19-21(18,20-4-2)11(17)8-5-6-9(10(13)7-8)12(14,15)16/h5-7,11H,3-4,17H2,1-2H3/t11-/m0/s1. The third kappa shape index (κ3) is 4.44. The van der Waals surface area contributed by atoms with Crippen molar-refractivity contribution < 1.29 is 26.8 Å². The maximum absolute atomic E-state index is 12.6. The van der Waals surface area contributed by atoms with Gasteiger partial charge in [0.05, 0.1) is 23.8 Å². The fourth-order valence-electron chi connectivity index (χ4n) is 1.69. The Morgan fingerprint density at radius 3 is 2.19 bits per heavy atom. The quantitative estimate of drug-likeness (QED) is 0.766. The van der Waals surface area contributed by atoms with Crippen molar-refractivity contribution in [1.82, 2.24) is 0 Å². The van der Waals surface area contributed by atoms with E-state index in [0.29, 0.717) is 0 Å². The topological polar surface area (TPSA) is 61.5 Å². The molecular weight excluding hydrogens is 330 g/mol. The van der Waals surface area contributed by atoms with Gasteiger partial charge in [-0.1, -0.05) is 17.7 Å². The molecular formula is C12H16ClF3NO3P. The van der Waals surface area contributed by atoms with Crippen LogP contribution in [-0.2, 0) is 19.8 Å². The van der Waals surface area contributed by atoms with Crippen molar-refractivity contribution in [3.8, 4) is 0 Å². The lowest BCUT2D eigenvalue weighted by atomic mass is 10.1. The van der Waals surface area contributed by atoms with Crippen molar-refractivity contribution in [2.24, 2.45) is 5.73 Å². The number of hydrogen-bond acceptors (Lipinski definition) is 4. The van der Waals surface area contributed by atoms with Crippen molar-refractivity contribution in [3.63, 3.8) is 0 Å². The van der Waals surface area contributed by atoms with Crippen molar-refractivity contribution in [2.75, 3.05) is 13.2 Å². The zero-order chi connectivity index (χ0) is 16.3. The summed E-state index contributed by atoms with van der Waals surface area (Å²) in [4.78, 5) is 0. The van der Waals surface area contributed by atoms with E-state index >= 15 is 0 Å². The number of rotatable bonds is 6. The lowest BCUT2D eigenvalue weighted by Gasteiger charge is -2.24. The Labute approximate surface area is 125 Å². The lowest BCUT2D eigenvalue weighted by molar-refractivity contribution is -0.137. The molecule has 1 aromatic rings. The van der Waals surface area contributed by atoms with Crippen LogP contribution in [0.15, 0.2) is 18.2 Å². The van der Waals surface area contributed by atoms with E-state index in [2.05, 4.69) is 0 Å². The average Bonchev–Trinajstić information content (AvgIpc) is 2.36. The highest BCUT2D eigenvalue weighted by atomic mass is 35.5. The smallest absolute Gasteiger partial charge is 0.314 e. The van der Waals surface area contributed by atoms with Gasteiger partial charge in [-0.05, 0) is 31.5 Å². The van der Waals surface area contributed by atoms with Crippen molar-refractivity contribution in [3.05, 3.63) is 34.3 Å². The predicted octanol–water partition coefficient (Wildman–Crippen LogP) is 4.58. The first-order chi connectivity index (χ1) is 9.65. The molecule has 0 fully saturated rings. The molecule has 120 valence electrons. The summed E-state index contributed by atoms with van der Waals surface area (Å²) < 4.78 is 60.5. The fourth-order valence-corrected chi connectivity index (χ4v) is 3.62. The largest absolute Gasteiger partial charge is 0.417 e. The first kappa shape index (κ1) is 18.5. The van der Waals surface area contributed by atoms with E-state index in [4.69, 9.17) is 26.4 Å². The van der Waals surface area contributed by atoms with E-state index in [1.165, 1.54) is 0 Å². The van der Waals surface area contributed by atoms with Gasteiger partial charge in [-0.25, -0.2) is 0 Å². The van der Waals surface area contributed by atoms with Gasteiger partial charge < -0.3 is 14.8 Å². The normalized spacial score (nSPS) is 14.2. The molecule has 0 bridgehead atoms. The molecule has 0 aliphatic heterocycles. The number of hydrogen-bond donors (Lipinski definition) is 1. The maximum Gasteiger partial charge on any atom is 0.417 e. The third-order valence-electron chi connectivity index (χ3n) is 2.60. The van der Waals surface area contributed by atoms with Gasteiger partial charge in [-0.2, -0.15) is 13.2 Å². The van der Waals surface area contributed by atoms with E-state index in [9.17, 15) is 17.7 Å². The third-order valence-corrected chi connectivity index (χ3v) is 5.13. The SMILES string of the molecule is CCOP(=O)(OCC)[C@H](N)c1ccc(C(F)(F)F)c(Cl)c1. The van der Waals surface area contributed by atoms with Crippen LogP contribution < -0.4 is 5.73 Å². The number of nitrogens with two attached hydrogens (primary N) is 1. The Kier molecular flexibility index (Phi) is 6.25. The summed E-state index contributed by atoms with van der Waals surface area (Å²) in [6, 6.07) is 2.93. The summed E-state index contributed by atoms with van der Waals surface area (Å²) >= 11 is 5.62. The minimum absolute atomic E-state index is 0.0966. The molecule has 0 saturated heterocycles. The van der Waals surface area contributed by atoms with Crippen LogP contribution in [0.25, 0.3) is 0 Å². The van der Waals surface area contributed by atoms with Gasteiger partial charge in [-0.15, -0.1) is 0 Å². The summed E-state index contributed by atoms with van der Waals surface area (Å²) in [5.41, 5.74) is 4.99. The second-order valence-corrected chi connectivity index (χ2v) is 6.62. The van der Waals surface area contributed by atoms with Gasteiger partial charge in [-0.3, -0.25) is 4.57 Å². The number of benzene rings is 1. The second kappa shape index (κ2) is 7.11. The molecule has 0 amide bonds. The van der Waals surface area contributed by atoms with Gasteiger partial charge >= 0.3 is 13.8 Å². The Balaban J connectivity index is 3.15. The molecule has 0 aliphatic carbocycles. The second-order valence-electron chi connectivity index (χ2n) is 4.06. The first-order valence-electron chi connectivity index (χ1n) is 6.16. The minimum atomic E-state index is -4.57. The first-order valence-corrected chi connectivity index (χ1v) is 8.15. The Hall–Kier alpha value is -0.590. The minimum Gasteiger partial charge on any atom is -0.314 e. The van der Waals surface area contributed by atoms with Crippen molar-refractivity contribution >= 4 is 19.2 Å². The van der Waals surface area contributed by atoms with Crippen LogP contribution in [0.1, 0.15) is 30.8 Å².